The minimum atomic E-state index is 0.0497. The molecular weight excluding hydrogens is 238 g/mol. The molecule has 1 heterocycles. The van der Waals surface area contributed by atoms with Crippen molar-refractivity contribution in [2.75, 3.05) is 0 Å². The lowest BCUT2D eigenvalue weighted by molar-refractivity contribution is 0.116. The van der Waals surface area contributed by atoms with Gasteiger partial charge < -0.3 is 9.84 Å². The van der Waals surface area contributed by atoms with E-state index >= 15 is 0 Å². The highest BCUT2D eigenvalue weighted by atomic mass is 16.5. The minimum absolute atomic E-state index is 0.0497. The molecule has 1 saturated carbocycles. The molecule has 1 aromatic heterocycles. The zero-order valence-electron chi connectivity index (χ0n) is 12.1. The summed E-state index contributed by atoms with van der Waals surface area (Å²) in [5.41, 5.74) is 1.88. The van der Waals surface area contributed by atoms with Crippen LogP contribution in [0.25, 0.3) is 0 Å². The summed E-state index contributed by atoms with van der Waals surface area (Å²) in [6.07, 6.45) is 7.26. The Balaban J connectivity index is 2.05. The van der Waals surface area contributed by atoms with Crippen LogP contribution in [0.5, 0.6) is 5.88 Å². The van der Waals surface area contributed by atoms with Crippen LogP contribution in [0.4, 0.5) is 0 Å². The number of rotatable bonds is 5. The van der Waals surface area contributed by atoms with E-state index in [1.54, 1.807) is 0 Å². The molecule has 1 N–H and O–H groups in total. The molecule has 0 saturated heterocycles. The zero-order valence-corrected chi connectivity index (χ0v) is 12.1. The van der Waals surface area contributed by atoms with E-state index in [2.05, 4.69) is 18.8 Å². The van der Waals surface area contributed by atoms with Crippen LogP contribution in [-0.4, -0.2) is 16.2 Å². The van der Waals surface area contributed by atoms with Crippen LogP contribution in [-0.2, 0) is 13.0 Å². The molecule has 2 atom stereocenters. The number of hydrogen-bond donors (Lipinski definition) is 1. The molecular formula is C16H25NO2. The van der Waals surface area contributed by atoms with Gasteiger partial charge in [-0.15, -0.1) is 0 Å². The van der Waals surface area contributed by atoms with Crippen LogP contribution >= 0.6 is 0 Å². The number of hydrogen-bond acceptors (Lipinski definition) is 3. The average Bonchev–Trinajstić information content (AvgIpc) is 2.47. The summed E-state index contributed by atoms with van der Waals surface area (Å²) in [5, 5.41) is 9.28. The maximum Gasteiger partial charge on any atom is 0.214 e. The second-order valence-corrected chi connectivity index (χ2v) is 5.50. The minimum Gasteiger partial charge on any atom is -0.474 e. The van der Waals surface area contributed by atoms with E-state index in [-0.39, 0.29) is 6.61 Å². The summed E-state index contributed by atoms with van der Waals surface area (Å²) in [7, 11) is 0. The lowest BCUT2D eigenvalue weighted by Gasteiger charge is -2.28. The summed E-state index contributed by atoms with van der Waals surface area (Å²) in [6, 6.07) is 3.82. The van der Waals surface area contributed by atoms with Gasteiger partial charge in [-0.1, -0.05) is 26.7 Å². The second-order valence-electron chi connectivity index (χ2n) is 5.50. The van der Waals surface area contributed by atoms with Gasteiger partial charge in [-0.3, -0.25) is 0 Å². The Morgan fingerprint density at radius 3 is 2.84 bits per heavy atom. The quantitative estimate of drug-likeness (QED) is 0.884. The normalized spacial score (nSPS) is 23.3. The maximum atomic E-state index is 9.28. The van der Waals surface area contributed by atoms with E-state index in [0.29, 0.717) is 12.0 Å². The molecule has 0 aliphatic heterocycles. The molecule has 1 fully saturated rings. The summed E-state index contributed by atoms with van der Waals surface area (Å²) in [4.78, 5) is 4.51. The Kier molecular flexibility index (Phi) is 5.20. The molecule has 3 nitrogen and oxygen atoms in total. The number of aryl methyl sites for hydroxylation is 1. The van der Waals surface area contributed by atoms with Crippen LogP contribution in [0, 0.1) is 5.92 Å². The molecule has 0 amide bonds. The maximum absolute atomic E-state index is 9.28. The molecule has 1 aromatic rings. The topological polar surface area (TPSA) is 42.4 Å². The van der Waals surface area contributed by atoms with Gasteiger partial charge in [-0.05, 0) is 43.2 Å². The van der Waals surface area contributed by atoms with Crippen molar-refractivity contribution in [3.8, 4) is 5.88 Å². The van der Waals surface area contributed by atoms with Crippen LogP contribution in [0.3, 0.4) is 0 Å². The number of aliphatic hydroxyl groups is 1. The Bertz CT molecular complexity index is 383. The number of ether oxygens (including phenoxy) is 1. The van der Waals surface area contributed by atoms with Crippen molar-refractivity contribution in [2.24, 2.45) is 5.92 Å². The SMILES string of the molecule is CCc1cc(CO)cc(OC2CCCC(CC)C2)n1. The lowest BCUT2D eigenvalue weighted by Crippen LogP contribution is -2.25. The molecule has 19 heavy (non-hydrogen) atoms. The highest BCUT2D eigenvalue weighted by molar-refractivity contribution is 5.25. The van der Waals surface area contributed by atoms with Crippen LogP contribution < -0.4 is 4.74 Å². The van der Waals surface area contributed by atoms with Gasteiger partial charge in [0.25, 0.3) is 0 Å². The molecule has 0 spiro atoms. The smallest absolute Gasteiger partial charge is 0.214 e. The Hall–Kier alpha value is -1.09. The number of nitrogens with zero attached hydrogens (tertiary/aromatic N) is 1. The molecule has 0 bridgehead atoms. The van der Waals surface area contributed by atoms with Crippen LogP contribution in [0.1, 0.15) is 57.2 Å². The number of pyridine rings is 1. The first kappa shape index (κ1) is 14.3. The Morgan fingerprint density at radius 2 is 2.16 bits per heavy atom. The first-order chi connectivity index (χ1) is 9.25. The largest absolute Gasteiger partial charge is 0.474 e. The molecule has 0 radical (unpaired) electrons. The molecule has 2 unspecified atom stereocenters. The van der Waals surface area contributed by atoms with Crippen LogP contribution in [0.15, 0.2) is 12.1 Å². The van der Waals surface area contributed by atoms with Gasteiger partial charge in [0.15, 0.2) is 0 Å². The molecule has 1 aliphatic carbocycles. The summed E-state index contributed by atoms with van der Waals surface area (Å²) in [6.45, 7) is 4.38. The fourth-order valence-electron chi connectivity index (χ4n) is 2.84. The van der Waals surface area contributed by atoms with Gasteiger partial charge in [-0.2, -0.15) is 0 Å². The van der Waals surface area contributed by atoms with E-state index in [1.807, 2.05) is 12.1 Å². The fourth-order valence-corrected chi connectivity index (χ4v) is 2.84. The third-order valence-electron chi connectivity index (χ3n) is 4.06. The van der Waals surface area contributed by atoms with Gasteiger partial charge in [0.05, 0.1) is 6.61 Å². The van der Waals surface area contributed by atoms with Crippen molar-refractivity contribution < 1.29 is 9.84 Å². The third-order valence-corrected chi connectivity index (χ3v) is 4.06. The first-order valence-corrected chi connectivity index (χ1v) is 7.52. The standard InChI is InChI=1S/C16H25NO2/c1-3-12-6-5-7-15(9-12)19-16-10-13(11-18)8-14(4-2)17-16/h8,10,12,15,18H,3-7,9,11H2,1-2H3. The van der Waals surface area contributed by atoms with Crippen LogP contribution in [0.2, 0.25) is 0 Å². The van der Waals surface area contributed by atoms with Crippen molar-refractivity contribution in [1.82, 2.24) is 4.98 Å². The van der Waals surface area contributed by atoms with E-state index in [1.165, 1.54) is 19.3 Å². The van der Waals surface area contributed by atoms with Crippen molar-refractivity contribution in [1.29, 1.82) is 0 Å². The highest BCUT2D eigenvalue weighted by Crippen LogP contribution is 2.29. The number of aliphatic hydroxyl groups excluding tert-OH is 1. The zero-order chi connectivity index (χ0) is 13.7. The van der Waals surface area contributed by atoms with Crippen molar-refractivity contribution >= 4 is 0 Å². The first-order valence-electron chi connectivity index (χ1n) is 7.52. The van der Waals surface area contributed by atoms with Crippen molar-refractivity contribution in [2.45, 2.75) is 65.1 Å². The van der Waals surface area contributed by atoms with E-state index in [9.17, 15) is 5.11 Å². The summed E-state index contributed by atoms with van der Waals surface area (Å²) in [5.74, 6) is 1.48. The van der Waals surface area contributed by atoms with Gasteiger partial charge in [0, 0.05) is 11.8 Å². The third kappa shape index (κ3) is 3.93. The Morgan fingerprint density at radius 1 is 1.32 bits per heavy atom. The van der Waals surface area contributed by atoms with Gasteiger partial charge in [0.1, 0.15) is 6.10 Å². The van der Waals surface area contributed by atoms with E-state index < -0.39 is 0 Å². The molecule has 106 valence electrons. The van der Waals surface area contributed by atoms with Gasteiger partial charge in [-0.25, -0.2) is 4.98 Å². The second kappa shape index (κ2) is 6.90. The van der Waals surface area contributed by atoms with E-state index in [4.69, 9.17) is 4.74 Å². The van der Waals surface area contributed by atoms with Gasteiger partial charge in [0.2, 0.25) is 5.88 Å². The average molecular weight is 263 g/mol. The Labute approximate surface area is 116 Å². The summed E-state index contributed by atoms with van der Waals surface area (Å²) >= 11 is 0. The molecule has 0 aromatic carbocycles. The van der Waals surface area contributed by atoms with Gasteiger partial charge >= 0.3 is 0 Å². The number of aromatic nitrogens is 1. The van der Waals surface area contributed by atoms with Crippen molar-refractivity contribution in [3.63, 3.8) is 0 Å². The summed E-state index contributed by atoms with van der Waals surface area (Å²) < 4.78 is 6.05. The highest BCUT2D eigenvalue weighted by Gasteiger charge is 2.22. The fraction of sp³-hybridized carbons (Fsp3) is 0.688. The molecule has 2 rings (SSSR count). The monoisotopic (exact) mass is 263 g/mol. The predicted molar refractivity (Wildman–Crippen MR) is 76.2 cm³/mol. The van der Waals surface area contributed by atoms with E-state index in [0.717, 1.165) is 36.4 Å². The van der Waals surface area contributed by atoms with Crippen molar-refractivity contribution in [3.05, 3.63) is 23.4 Å². The molecule has 1 aliphatic rings. The predicted octanol–water partition coefficient (Wildman–Crippen LogP) is 3.48. The lowest BCUT2D eigenvalue weighted by atomic mass is 9.85. The molecule has 3 heteroatoms.